The van der Waals surface area contributed by atoms with Gasteiger partial charge in [-0.05, 0) is 35.4 Å². The predicted octanol–water partition coefficient (Wildman–Crippen LogP) is 0.794. The van der Waals surface area contributed by atoms with Crippen molar-refractivity contribution in [3.8, 4) is 0 Å². The third-order valence-electron chi connectivity index (χ3n) is 2.49. The minimum absolute atomic E-state index is 0.216. The van der Waals surface area contributed by atoms with Crippen LogP contribution in [-0.2, 0) is 12.8 Å². The van der Waals surface area contributed by atoms with Crippen LogP contribution < -0.4 is 17.2 Å². The first-order chi connectivity index (χ1) is 8.20. The molecule has 0 fully saturated rings. The zero-order valence-electron chi connectivity index (χ0n) is 9.39. The minimum Gasteiger partial charge on any atom is -0.383 e. The van der Waals surface area contributed by atoms with Gasteiger partial charge < -0.3 is 17.2 Å². The summed E-state index contributed by atoms with van der Waals surface area (Å²) in [7, 11) is 0. The zero-order valence-corrected chi connectivity index (χ0v) is 10.2. The second-order valence-electron chi connectivity index (χ2n) is 3.74. The maximum atomic E-state index is 5.85. The van der Waals surface area contributed by atoms with Crippen LogP contribution in [0, 0.1) is 0 Å². The summed E-state index contributed by atoms with van der Waals surface area (Å²) >= 11 is 1.66. The molecule has 90 valence electrons. The van der Waals surface area contributed by atoms with E-state index in [-0.39, 0.29) is 5.95 Å². The Balaban J connectivity index is 2.36. The SMILES string of the molecule is NCCc1c(N)nc(N)nc1Cc1ccsc1. The summed E-state index contributed by atoms with van der Waals surface area (Å²) in [6.45, 7) is 0.522. The van der Waals surface area contributed by atoms with Gasteiger partial charge in [-0.3, -0.25) is 0 Å². The fourth-order valence-corrected chi connectivity index (χ4v) is 2.39. The van der Waals surface area contributed by atoms with E-state index in [0.717, 1.165) is 17.7 Å². The number of thiophene rings is 1. The highest BCUT2D eigenvalue weighted by Crippen LogP contribution is 2.19. The van der Waals surface area contributed by atoms with Crippen molar-refractivity contribution < 1.29 is 0 Å². The molecule has 0 aliphatic carbocycles. The van der Waals surface area contributed by atoms with Gasteiger partial charge in [0.25, 0.3) is 0 Å². The fraction of sp³-hybridized carbons (Fsp3) is 0.273. The fourth-order valence-electron chi connectivity index (χ4n) is 1.72. The maximum Gasteiger partial charge on any atom is 0.222 e. The quantitative estimate of drug-likeness (QED) is 0.743. The average Bonchev–Trinajstić information content (AvgIpc) is 2.76. The lowest BCUT2D eigenvalue weighted by Gasteiger charge is -2.10. The zero-order chi connectivity index (χ0) is 12.3. The lowest BCUT2D eigenvalue weighted by molar-refractivity contribution is 0.907. The molecule has 0 unspecified atom stereocenters. The summed E-state index contributed by atoms with van der Waals surface area (Å²) < 4.78 is 0. The number of nitrogens with zero attached hydrogens (tertiary/aromatic N) is 2. The molecule has 0 aliphatic rings. The van der Waals surface area contributed by atoms with E-state index in [0.29, 0.717) is 18.8 Å². The molecular weight excluding hydrogens is 234 g/mol. The molecule has 0 aromatic carbocycles. The molecule has 0 spiro atoms. The van der Waals surface area contributed by atoms with Crippen molar-refractivity contribution in [3.63, 3.8) is 0 Å². The number of nitrogen functional groups attached to an aromatic ring is 2. The molecular formula is C11H15N5S. The molecule has 0 radical (unpaired) electrons. The van der Waals surface area contributed by atoms with E-state index >= 15 is 0 Å². The van der Waals surface area contributed by atoms with Gasteiger partial charge in [-0.1, -0.05) is 0 Å². The van der Waals surface area contributed by atoms with Crippen LogP contribution in [0.25, 0.3) is 0 Å². The average molecular weight is 249 g/mol. The lowest BCUT2D eigenvalue weighted by atomic mass is 10.1. The normalized spacial score (nSPS) is 10.6. The Morgan fingerprint density at radius 2 is 2.06 bits per heavy atom. The molecule has 2 aromatic rings. The van der Waals surface area contributed by atoms with Gasteiger partial charge in [0.15, 0.2) is 0 Å². The van der Waals surface area contributed by atoms with E-state index in [2.05, 4.69) is 21.4 Å². The van der Waals surface area contributed by atoms with Gasteiger partial charge in [0, 0.05) is 12.0 Å². The second kappa shape index (κ2) is 5.11. The van der Waals surface area contributed by atoms with Gasteiger partial charge in [0.1, 0.15) is 5.82 Å². The van der Waals surface area contributed by atoms with Gasteiger partial charge >= 0.3 is 0 Å². The van der Waals surface area contributed by atoms with Crippen LogP contribution in [0.15, 0.2) is 16.8 Å². The number of rotatable bonds is 4. The summed E-state index contributed by atoms with van der Waals surface area (Å²) in [6.07, 6.45) is 1.39. The van der Waals surface area contributed by atoms with Crippen molar-refractivity contribution in [2.45, 2.75) is 12.8 Å². The molecule has 0 amide bonds. The Hall–Kier alpha value is -1.66. The Kier molecular flexibility index (Phi) is 3.55. The van der Waals surface area contributed by atoms with Crippen LogP contribution in [-0.4, -0.2) is 16.5 Å². The highest BCUT2D eigenvalue weighted by molar-refractivity contribution is 7.07. The molecule has 6 N–H and O–H groups in total. The summed E-state index contributed by atoms with van der Waals surface area (Å²) in [5.74, 6) is 0.654. The molecule has 0 atom stereocenters. The molecule has 17 heavy (non-hydrogen) atoms. The van der Waals surface area contributed by atoms with Gasteiger partial charge in [0.05, 0.1) is 5.69 Å². The van der Waals surface area contributed by atoms with Crippen LogP contribution in [0.4, 0.5) is 11.8 Å². The topological polar surface area (TPSA) is 104 Å². The summed E-state index contributed by atoms with van der Waals surface area (Å²) in [6, 6.07) is 2.06. The molecule has 2 aromatic heterocycles. The van der Waals surface area contributed by atoms with Crippen molar-refractivity contribution in [1.29, 1.82) is 0 Å². The standard InChI is InChI=1S/C11H15N5S/c12-3-1-8-9(5-7-2-4-17-6-7)15-11(14)16-10(8)13/h2,4,6H,1,3,5,12H2,(H4,13,14,15,16). The molecule has 2 rings (SSSR count). The summed E-state index contributed by atoms with van der Waals surface area (Å²) in [5, 5.41) is 4.12. The molecule has 0 saturated heterocycles. The van der Waals surface area contributed by atoms with E-state index in [9.17, 15) is 0 Å². The van der Waals surface area contributed by atoms with Crippen LogP contribution in [0.1, 0.15) is 16.8 Å². The van der Waals surface area contributed by atoms with Crippen molar-refractivity contribution in [1.82, 2.24) is 9.97 Å². The highest BCUT2D eigenvalue weighted by atomic mass is 32.1. The van der Waals surface area contributed by atoms with Crippen LogP contribution in [0.2, 0.25) is 0 Å². The first kappa shape index (κ1) is 11.8. The minimum atomic E-state index is 0.216. The second-order valence-corrected chi connectivity index (χ2v) is 4.52. The number of nitrogens with two attached hydrogens (primary N) is 3. The van der Waals surface area contributed by atoms with E-state index in [1.807, 2.05) is 5.38 Å². The molecule has 6 heteroatoms. The summed E-state index contributed by atoms with van der Waals surface area (Å²) in [4.78, 5) is 8.24. The monoisotopic (exact) mass is 249 g/mol. The Morgan fingerprint density at radius 1 is 1.24 bits per heavy atom. The number of hydrogen-bond donors (Lipinski definition) is 3. The van der Waals surface area contributed by atoms with E-state index in [4.69, 9.17) is 17.2 Å². The van der Waals surface area contributed by atoms with E-state index in [1.165, 1.54) is 5.56 Å². The Morgan fingerprint density at radius 3 is 2.71 bits per heavy atom. The highest BCUT2D eigenvalue weighted by Gasteiger charge is 2.11. The third-order valence-corrected chi connectivity index (χ3v) is 3.22. The Labute approximate surface area is 104 Å². The molecule has 0 saturated carbocycles. The summed E-state index contributed by atoms with van der Waals surface area (Å²) in [5.41, 5.74) is 20.0. The van der Waals surface area contributed by atoms with E-state index < -0.39 is 0 Å². The largest absolute Gasteiger partial charge is 0.383 e. The maximum absolute atomic E-state index is 5.85. The number of anilines is 2. The smallest absolute Gasteiger partial charge is 0.222 e. The van der Waals surface area contributed by atoms with Gasteiger partial charge in [0.2, 0.25) is 5.95 Å². The third kappa shape index (κ3) is 2.72. The predicted molar refractivity (Wildman–Crippen MR) is 70.7 cm³/mol. The first-order valence-corrected chi connectivity index (χ1v) is 6.27. The van der Waals surface area contributed by atoms with Crippen molar-refractivity contribution >= 4 is 23.1 Å². The number of aromatic nitrogens is 2. The lowest BCUT2D eigenvalue weighted by Crippen LogP contribution is -2.13. The van der Waals surface area contributed by atoms with Gasteiger partial charge in [-0.2, -0.15) is 16.3 Å². The molecule has 0 bridgehead atoms. The first-order valence-electron chi connectivity index (χ1n) is 5.32. The van der Waals surface area contributed by atoms with Crippen molar-refractivity contribution in [2.24, 2.45) is 5.73 Å². The van der Waals surface area contributed by atoms with Crippen LogP contribution >= 0.6 is 11.3 Å². The van der Waals surface area contributed by atoms with Crippen molar-refractivity contribution in [2.75, 3.05) is 18.0 Å². The van der Waals surface area contributed by atoms with E-state index in [1.54, 1.807) is 11.3 Å². The van der Waals surface area contributed by atoms with Crippen LogP contribution in [0.3, 0.4) is 0 Å². The molecule has 2 heterocycles. The van der Waals surface area contributed by atoms with Crippen LogP contribution in [0.5, 0.6) is 0 Å². The molecule has 5 nitrogen and oxygen atoms in total. The Bertz CT molecular complexity index is 495. The van der Waals surface area contributed by atoms with Crippen molar-refractivity contribution in [3.05, 3.63) is 33.6 Å². The molecule has 0 aliphatic heterocycles. The number of hydrogen-bond acceptors (Lipinski definition) is 6. The van der Waals surface area contributed by atoms with Gasteiger partial charge in [-0.25, -0.2) is 4.98 Å². The van der Waals surface area contributed by atoms with Gasteiger partial charge in [-0.15, -0.1) is 0 Å².